The minimum absolute atomic E-state index is 0.396. The fourth-order valence-electron chi connectivity index (χ4n) is 1.73. The molecule has 2 heterocycles. The van der Waals surface area contributed by atoms with Crippen LogP contribution >= 0.6 is 9.39 Å². The summed E-state index contributed by atoms with van der Waals surface area (Å²) in [5.74, 6) is 0. The van der Waals surface area contributed by atoms with Gasteiger partial charge in [-0.15, -0.1) is 0 Å². The van der Waals surface area contributed by atoms with Gasteiger partial charge in [0.1, 0.15) is 0 Å². The highest BCUT2D eigenvalue weighted by molar-refractivity contribution is 7.13. The molecule has 0 aromatic rings. The Morgan fingerprint density at radius 2 is 2.09 bits per heavy atom. The second-order valence-corrected chi connectivity index (χ2v) is 4.24. The summed E-state index contributed by atoms with van der Waals surface area (Å²) in [4.78, 5) is 0. The van der Waals surface area contributed by atoms with Crippen LogP contribution in [0.25, 0.3) is 0 Å². The lowest BCUT2D eigenvalue weighted by Crippen LogP contribution is -2.35. The quantitative estimate of drug-likeness (QED) is 0.511. The Morgan fingerprint density at radius 1 is 1.36 bits per heavy atom. The van der Waals surface area contributed by atoms with Crippen LogP contribution in [0.5, 0.6) is 0 Å². The molecule has 0 saturated carbocycles. The molecular formula is C8H14NOP. The topological polar surface area (TPSA) is 12.5 Å². The maximum absolute atomic E-state index is 5.27. The highest BCUT2D eigenvalue weighted by atomic mass is 31.0. The first kappa shape index (κ1) is 7.57. The molecule has 62 valence electrons. The number of ether oxygens (including phenoxy) is 1. The summed E-state index contributed by atoms with van der Waals surface area (Å²) in [5.41, 5.74) is 0.396. The van der Waals surface area contributed by atoms with Gasteiger partial charge in [0.2, 0.25) is 0 Å². The molecule has 2 aliphatic rings. The van der Waals surface area contributed by atoms with E-state index in [0.717, 1.165) is 6.61 Å². The first-order chi connectivity index (χ1) is 5.31. The van der Waals surface area contributed by atoms with Gasteiger partial charge in [0.25, 0.3) is 0 Å². The van der Waals surface area contributed by atoms with Gasteiger partial charge in [-0.2, -0.15) is 0 Å². The lowest BCUT2D eigenvalue weighted by Gasteiger charge is -2.34. The van der Waals surface area contributed by atoms with Crippen LogP contribution in [0.1, 0.15) is 12.8 Å². The zero-order valence-corrected chi connectivity index (χ0v) is 7.78. The van der Waals surface area contributed by atoms with Gasteiger partial charge in [0, 0.05) is 18.5 Å². The van der Waals surface area contributed by atoms with Crippen molar-refractivity contribution in [3.8, 4) is 0 Å². The van der Waals surface area contributed by atoms with Gasteiger partial charge >= 0.3 is 0 Å². The monoisotopic (exact) mass is 171 g/mol. The molecule has 2 nitrogen and oxygen atoms in total. The Morgan fingerprint density at radius 3 is 2.64 bits per heavy atom. The zero-order valence-electron chi connectivity index (χ0n) is 6.62. The smallest absolute Gasteiger partial charge is 0.0965 e. The second kappa shape index (κ2) is 2.76. The highest BCUT2D eigenvalue weighted by Gasteiger charge is 2.34. The van der Waals surface area contributed by atoms with E-state index in [1.165, 1.54) is 25.9 Å². The van der Waals surface area contributed by atoms with Gasteiger partial charge in [-0.1, -0.05) is 9.39 Å². The molecule has 1 saturated heterocycles. The Hall–Kier alpha value is -0.0700. The Labute approximate surface area is 69.9 Å². The Kier molecular flexibility index (Phi) is 1.90. The van der Waals surface area contributed by atoms with Gasteiger partial charge in [-0.3, -0.25) is 4.67 Å². The second-order valence-electron chi connectivity index (χ2n) is 3.51. The van der Waals surface area contributed by atoms with Gasteiger partial charge in [0.15, 0.2) is 0 Å². The van der Waals surface area contributed by atoms with Gasteiger partial charge in [-0.25, -0.2) is 0 Å². The molecule has 2 rings (SSSR count). The summed E-state index contributed by atoms with van der Waals surface area (Å²) >= 11 is 0. The number of hydrogen-bond donors (Lipinski definition) is 0. The number of nitrogens with zero attached hydrogens (tertiary/aromatic N) is 1. The molecule has 1 atom stereocenters. The third-order valence-electron chi connectivity index (χ3n) is 2.68. The van der Waals surface area contributed by atoms with Crippen molar-refractivity contribution in [2.75, 3.05) is 19.7 Å². The molecule has 0 N–H and O–H groups in total. The van der Waals surface area contributed by atoms with E-state index < -0.39 is 0 Å². The van der Waals surface area contributed by atoms with Crippen molar-refractivity contribution in [3.63, 3.8) is 0 Å². The summed E-state index contributed by atoms with van der Waals surface area (Å²) in [7, 11) is 2.76. The fourth-order valence-corrected chi connectivity index (χ4v) is 1.99. The van der Waals surface area contributed by atoms with Crippen molar-refractivity contribution in [2.45, 2.75) is 12.8 Å². The molecule has 1 spiro atoms. The van der Waals surface area contributed by atoms with Crippen LogP contribution in [0.3, 0.4) is 0 Å². The average Bonchev–Trinajstić information content (AvgIpc) is 2.45. The van der Waals surface area contributed by atoms with Gasteiger partial charge in [-0.05, 0) is 18.9 Å². The summed E-state index contributed by atoms with van der Waals surface area (Å²) in [6.07, 6.45) is 6.59. The third-order valence-corrected chi connectivity index (χ3v) is 3.20. The standard InChI is InChI=1S/C8H14NOP/c11-9-4-1-8(2-5-9)3-6-10-7-8/h3,6H,1-2,4-5,7,11H2. The summed E-state index contributed by atoms with van der Waals surface area (Å²) in [6, 6.07) is 0. The predicted octanol–water partition coefficient (Wildman–Crippen LogP) is 1.40. The SMILES string of the molecule is PN1CCC2(C=COC2)CC1. The van der Waals surface area contributed by atoms with Crippen LogP contribution in [-0.2, 0) is 4.74 Å². The Bertz CT molecular complexity index is 173. The van der Waals surface area contributed by atoms with E-state index in [-0.39, 0.29) is 0 Å². The average molecular weight is 171 g/mol. The van der Waals surface area contributed by atoms with E-state index in [0.29, 0.717) is 5.41 Å². The first-order valence-corrected chi connectivity index (χ1v) is 4.61. The lowest BCUT2D eigenvalue weighted by atomic mass is 9.81. The highest BCUT2D eigenvalue weighted by Crippen LogP contribution is 2.37. The number of rotatable bonds is 0. The normalized spacial score (nSPS) is 29.2. The maximum Gasteiger partial charge on any atom is 0.0965 e. The lowest BCUT2D eigenvalue weighted by molar-refractivity contribution is 0.132. The van der Waals surface area contributed by atoms with Crippen LogP contribution in [0.2, 0.25) is 0 Å². The van der Waals surface area contributed by atoms with Gasteiger partial charge in [0.05, 0.1) is 12.9 Å². The molecule has 0 amide bonds. The zero-order chi connectivity index (χ0) is 7.73. The van der Waals surface area contributed by atoms with Crippen molar-refractivity contribution < 1.29 is 4.74 Å². The van der Waals surface area contributed by atoms with E-state index in [9.17, 15) is 0 Å². The molecule has 0 radical (unpaired) electrons. The van der Waals surface area contributed by atoms with Crippen molar-refractivity contribution in [3.05, 3.63) is 12.3 Å². The van der Waals surface area contributed by atoms with E-state index >= 15 is 0 Å². The first-order valence-electron chi connectivity index (χ1n) is 4.10. The minimum atomic E-state index is 0.396. The largest absolute Gasteiger partial charge is 0.501 e. The third kappa shape index (κ3) is 1.43. The molecule has 1 unspecified atom stereocenters. The number of hydrogen-bond acceptors (Lipinski definition) is 2. The molecule has 0 aliphatic carbocycles. The fraction of sp³-hybridized carbons (Fsp3) is 0.750. The van der Waals surface area contributed by atoms with Crippen LogP contribution in [0, 0.1) is 5.41 Å². The van der Waals surface area contributed by atoms with Crippen LogP contribution in [0.4, 0.5) is 0 Å². The summed E-state index contributed by atoms with van der Waals surface area (Å²) in [5, 5.41) is 0. The number of piperidine rings is 1. The van der Waals surface area contributed by atoms with Crippen molar-refractivity contribution in [1.29, 1.82) is 0 Å². The van der Waals surface area contributed by atoms with Crippen molar-refractivity contribution in [2.24, 2.45) is 5.41 Å². The minimum Gasteiger partial charge on any atom is -0.501 e. The maximum atomic E-state index is 5.27. The summed E-state index contributed by atoms with van der Waals surface area (Å²) < 4.78 is 7.57. The molecular weight excluding hydrogens is 157 g/mol. The van der Waals surface area contributed by atoms with E-state index in [4.69, 9.17) is 4.74 Å². The van der Waals surface area contributed by atoms with Crippen molar-refractivity contribution in [1.82, 2.24) is 4.67 Å². The molecule has 2 aliphatic heterocycles. The van der Waals surface area contributed by atoms with Crippen LogP contribution < -0.4 is 0 Å². The molecule has 1 fully saturated rings. The van der Waals surface area contributed by atoms with E-state index in [1.54, 1.807) is 0 Å². The molecule has 11 heavy (non-hydrogen) atoms. The molecule has 0 bridgehead atoms. The molecule has 3 heteroatoms. The molecule has 0 aromatic carbocycles. The summed E-state index contributed by atoms with van der Waals surface area (Å²) in [6.45, 7) is 3.27. The van der Waals surface area contributed by atoms with E-state index in [1.807, 2.05) is 6.26 Å². The molecule has 0 aromatic heterocycles. The van der Waals surface area contributed by atoms with Crippen molar-refractivity contribution >= 4 is 9.39 Å². The predicted molar refractivity (Wildman–Crippen MR) is 48.0 cm³/mol. The van der Waals surface area contributed by atoms with E-state index in [2.05, 4.69) is 20.1 Å². The van der Waals surface area contributed by atoms with Crippen LogP contribution in [-0.4, -0.2) is 24.4 Å². The Balaban J connectivity index is 2.00. The van der Waals surface area contributed by atoms with Crippen LogP contribution in [0.15, 0.2) is 12.3 Å². The van der Waals surface area contributed by atoms with Gasteiger partial charge < -0.3 is 4.74 Å².